The maximum atomic E-state index is 12.1. The van der Waals surface area contributed by atoms with E-state index >= 15 is 0 Å². The highest BCUT2D eigenvalue weighted by atomic mass is 16.6. The second kappa shape index (κ2) is 6.98. The van der Waals surface area contributed by atoms with Crippen LogP contribution in [0.5, 0.6) is 0 Å². The smallest absolute Gasteiger partial charge is 0.269 e. The van der Waals surface area contributed by atoms with Crippen molar-refractivity contribution in [2.24, 2.45) is 4.99 Å². The minimum absolute atomic E-state index is 0.00623. The van der Waals surface area contributed by atoms with Crippen molar-refractivity contribution in [1.82, 2.24) is 0 Å². The van der Waals surface area contributed by atoms with Gasteiger partial charge < -0.3 is 5.11 Å². The van der Waals surface area contributed by atoms with E-state index in [0.29, 0.717) is 42.7 Å². The highest BCUT2D eigenvalue weighted by molar-refractivity contribution is 6.24. The molecule has 0 radical (unpaired) electrons. The van der Waals surface area contributed by atoms with Gasteiger partial charge in [-0.25, -0.2) is 0 Å². The molecule has 116 valence electrons. The van der Waals surface area contributed by atoms with Crippen LogP contribution in [0.15, 0.2) is 40.6 Å². The number of Topliss-reactive ketones (excluding diaryl/α,β-unsaturated/α-hetero) is 1. The molecular weight excluding hydrogens is 284 g/mol. The number of non-ortho nitro benzene ring substituents is 1. The minimum atomic E-state index is -0.473. The molecule has 0 unspecified atom stereocenters. The monoisotopic (exact) mass is 302 g/mol. The molecule has 0 heterocycles. The van der Waals surface area contributed by atoms with Gasteiger partial charge in [-0.15, -0.1) is 0 Å². The van der Waals surface area contributed by atoms with E-state index in [1.54, 1.807) is 12.1 Å². The molecule has 0 aromatic heterocycles. The molecule has 0 saturated heterocycles. The lowest BCUT2D eigenvalue weighted by Crippen LogP contribution is -2.21. The lowest BCUT2D eigenvalue weighted by atomic mass is 9.89. The molecule has 1 aromatic rings. The van der Waals surface area contributed by atoms with E-state index in [9.17, 15) is 20.0 Å². The zero-order chi connectivity index (χ0) is 16.1. The van der Waals surface area contributed by atoms with Gasteiger partial charge >= 0.3 is 0 Å². The molecule has 1 aliphatic carbocycles. The lowest BCUT2D eigenvalue weighted by Gasteiger charge is -2.17. The fourth-order valence-corrected chi connectivity index (χ4v) is 2.43. The summed E-state index contributed by atoms with van der Waals surface area (Å²) in [4.78, 5) is 26.6. The van der Waals surface area contributed by atoms with Gasteiger partial charge in [0.2, 0.25) is 0 Å². The molecule has 6 nitrogen and oxygen atoms in total. The van der Waals surface area contributed by atoms with E-state index in [-0.39, 0.29) is 17.2 Å². The Morgan fingerprint density at radius 3 is 2.59 bits per heavy atom. The third-order valence-electron chi connectivity index (χ3n) is 3.48. The summed E-state index contributed by atoms with van der Waals surface area (Å²) in [5.41, 5.74) is 1.42. The van der Waals surface area contributed by atoms with Crippen LogP contribution in [0, 0.1) is 10.1 Å². The van der Waals surface area contributed by atoms with Gasteiger partial charge in [0.1, 0.15) is 5.76 Å². The molecule has 0 spiro atoms. The Morgan fingerprint density at radius 2 is 2.00 bits per heavy atom. The van der Waals surface area contributed by atoms with E-state index in [2.05, 4.69) is 4.99 Å². The van der Waals surface area contributed by atoms with Crippen LogP contribution in [0.4, 0.5) is 11.4 Å². The van der Waals surface area contributed by atoms with Gasteiger partial charge in [-0.05, 0) is 31.4 Å². The Labute approximate surface area is 128 Å². The number of aliphatic hydroxyl groups excluding tert-OH is 1. The lowest BCUT2D eigenvalue weighted by molar-refractivity contribution is -0.384. The average Bonchev–Trinajstić information content (AvgIpc) is 2.48. The van der Waals surface area contributed by atoms with Gasteiger partial charge in [-0.3, -0.25) is 19.9 Å². The molecule has 0 amide bonds. The molecule has 0 bridgehead atoms. The third-order valence-corrected chi connectivity index (χ3v) is 3.48. The van der Waals surface area contributed by atoms with Crippen molar-refractivity contribution >= 4 is 22.9 Å². The van der Waals surface area contributed by atoms with Gasteiger partial charge in [-0.2, -0.15) is 0 Å². The molecular formula is C16H18N2O4. The number of ketones is 1. The standard InChI is InChI=1S/C16H18N2O4/c1-2-4-14(19)16-13(5-3-6-15(16)20)17-11-7-9-12(10-8-11)18(21)22/h7-10,19H,2-6H2,1H3. The maximum Gasteiger partial charge on any atom is 0.269 e. The summed E-state index contributed by atoms with van der Waals surface area (Å²) < 4.78 is 0. The minimum Gasteiger partial charge on any atom is -0.511 e. The Morgan fingerprint density at radius 1 is 1.32 bits per heavy atom. The van der Waals surface area contributed by atoms with Crippen LogP contribution in [0.25, 0.3) is 0 Å². The zero-order valence-corrected chi connectivity index (χ0v) is 12.4. The Hall–Kier alpha value is -2.50. The number of hydrogen-bond donors (Lipinski definition) is 1. The summed E-state index contributed by atoms with van der Waals surface area (Å²) in [6.07, 6.45) is 2.93. The van der Waals surface area contributed by atoms with Crippen LogP contribution in [0.2, 0.25) is 0 Å². The van der Waals surface area contributed by atoms with Gasteiger partial charge in [0, 0.05) is 25.0 Å². The van der Waals surface area contributed by atoms with Gasteiger partial charge in [-0.1, -0.05) is 6.92 Å². The Bertz CT molecular complexity index is 645. The number of aliphatic hydroxyl groups is 1. The van der Waals surface area contributed by atoms with Crippen molar-refractivity contribution in [3.63, 3.8) is 0 Å². The van der Waals surface area contributed by atoms with Crippen molar-refractivity contribution in [1.29, 1.82) is 0 Å². The summed E-state index contributed by atoms with van der Waals surface area (Å²) in [5.74, 6) is 0.00530. The van der Waals surface area contributed by atoms with E-state index in [4.69, 9.17) is 0 Å². The molecule has 1 saturated carbocycles. The summed E-state index contributed by atoms with van der Waals surface area (Å²) in [7, 11) is 0. The van der Waals surface area contributed by atoms with Crippen LogP contribution in [0.1, 0.15) is 39.0 Å². The molecule has 1 fully saturated rings. The van der Waals surface area contributed by atoms with Crippen molar-refractivity contribution in [2.75, 3.05) is 0 Å². The Balaban J connectivity index is 2.36. The fraction of sp³-hybridized carbons (Fsp3) is 0.375. The van der Waals surface area contributed by atoms with E-state index in [1.807, 2.05) is 6.92 Å². The number of nitrogens with zero attached hydrogens (tertiary/aromatic N) is 2. The van der Waals surface area contributed by atoms with Crippen molar-refractivity contribution in [2.45, 2.75) is 39.0 Å². The van der Waals surface area contributed by atoms with Crippen LogP contribution >= 0.6 is 0 Å². The number of nitro groups is 1. The molecule has 0 atom stereocenters. The topological polar surface area (TPSA) is 92.8 Å². The van der Waals surface area contributed by atoms with Gasteiger partial charge in [0.25, 0.3) is 5.69 Å². The number of nitro benzene ring substituents is 1. The summed E-state index contributed by atoms with van der Waals surface area (Å²) >= 11 is 0. The SMILES string of the molecule is CCCC(O)=C1C(=O)CCCC1=Nc1ccc([N+](=O)[O-])cc1. The second-order valence-corrected chi connectivity index (χ2v) is 5.18. The summed E-state index contributed by atoms with van der Waals surface area (Å²) in [6.45, 7) is 1.93. The van der Waals surface area contributed by atoms with E-state index in [0.717, 1.165) is 6.42 Å². The number of aliphatic imine (C=N–C) groups is 1. The first kappa shape index (κ1) is 15.9. The first-order chi connectivity index (χ1) is 10.5. The molecule has 6 heteroatoms. The molecule has 22 heavy (non-hydrogen) atoms. The first-order valence-electron chi connectivity index (χ1n) is 7.30. The average molecular weight is 302 g/mol. The molecule has 1 N–H and O–H groups in total. The molecule has 1 aliphatic rings. The number of allylic oxidation sites excluding steroid dienone is 2. The van der Waals surface area contributed by atoms with E-state index in [1.165, 1.54) is 12.1 Å². The quantitative estimate of drug-likeness (QED) is 0.393. The predicted octanol–water partition coefficient (Wildman–Crippen LogP) is 4.03. The number of rotatable bonds is 4. The number of carbonyl (C=O) groups excluding carboxylic acids is 1. The molecule has 0 aliphatic heterocycles. The fourth-order valence-electron chi connectivity index (χ4n) is 2.43. The van der Waals surface area contributed by atoms with Crippen LogP contribution in [-0.4, -0.2) is 21.5 Å². The van der Waals surface area contributed by atoms with Crippen LogP contribution in [0.3, 0.4) is 0 Å². The maximum absolute atomic E-state index is 12.1. The van der Waals surface area contributed by atoms with Gasteiger partial charge in [0.15, 0.2) is 5.78 Å². The summed E-state index contributed by atoms with van der Waals surface area (Å²) in [6, 6.07) is 5.83. The van der Waals surface area contributed by atoms with Gasteiger partial charge in [0.05, 0.1) is 21.9 Å². The van der Waals surface area contributed by atoms with Crippen molar-refractivity contribution in [3.05, 3.63) is 45.7 Å². The predicted molar refractivity (Wildman–Crippen MR) is 83.6 cm³/mol. The normalized spacial score (nSPS) is 19.3. The second-order valence-electron chi connectivity index (χ2n) is 5.18. The largest absolute Gasteiger partial charge is 0.511 e. The van der Waals surface area contributed by atoms with Crippen LogP contribution < -0.4 is 0 Å². The Kier molecular flexibility index (Phi) is 5.04. The molecule has 2 rings (SSSR count). The molecule has 1 aromatic carbocycles. The van der Waals surface area contributed by atoms with Crippen molar-refractivity contribution in [3.8, 4) is 0 Å². The van der Waals surface area contributed by atoms with Crippen molar-refractivity contribution < 1.29 is 14.8 Å². The third kappa shape index (κ3) is 3.58. The zero-order valence-electron chi connectivity index (χ0n) is 12.4. The number of carbonyl (C=O) groups is 1. The van der Waals surface area contributed by atoms with E-state index < -0.39 is 4.92 Å². The highest BCUT2D eigenvalue weighted by Gasteiger charge is 2.25. The number of benzene rings is 1. The highest BCUT2D eigenvalue weighted by Crippen LogP contribution is 2.26. The number of hydrogen-bond acceptors (Lipinski definition) is 5. The summed E-state index contributed by atoms with van der Waals surface area (Å²) in [5, 5.41) is 20.7. The van der Waals surface area contributed by atoms with Crippen LogP contribution in [-0.2, 0) is 4.79 Å². The first-order valence-corrected chi connectivity index (χ1v) is 7.30.